The van der Waals surface area contributed by atoms with Crippen LogP contribution in [0, 0.1) is 0 Å². The zero-order chi connectivity index (χ0) is 11.7. The van der Waals surface area contributed by atoms with E-state index in [4.69, 9.17) is 17.3 Å². The Balaban J connectivity index is 2.66. The summed E-state index contributed by atoms with van der Waals surface area (Å²) in [6.45, 7) is 5.89. The summed E-state index contributed by atoms with van der Waals surface area (Å²) in [6, 6.07) is 6.06. The van der Waals surface area contributed by atoms with Crippen LogP contribution in [0.5, 0.6) is 0 Å². The minimum absolute atomic E-state index is 0.516. The molecule has 0 saturated carbocycles. The molecule has 1 heterocycles. The monoisotopic (exact) mass is 236 g/mol. The number of fused-ring (bicyclic) bond motifs is 1. The molecule has 0 bridgehead atoms. The van der Waals surface area contributed by atoms with Gasteiger partial charge >= 0.3 is 0 Å². The van der Waals surface area contributed by atoms with Gasteiger partial charge in [0.2, 0.25) is 0 Å². The molecular formula is C13H17ClN2. The molecule has 2 nitrogen and oxygen atoms in total. The molecule has 2 aromatic rings. The van der Waals surface area contributed by atoms with E-state index in [9.17, 15) is 0 Å². The summed E-state index contributed by atoms with van der Waals surface area (Å²) in [5, 5.41) is 2.06. The predicted octanol–water partition coefficient (Wildman–Crippen LogP) is 3.38. The normalized spacial score (nSPS) is 11.6. The van der Waals surface area contributed by atoms with E-state index in [1.807, 2.05) is 12.1 Å². The van der Waals surface area contributed by atoms with Gasteiger partial charge in [-0.05, 0) is 23.6 Å². The Hall–Kier alpha value is -0.990. The first kappa shape index (κ1) is 11.5. The van der Waals surface area contributed by atoms with Crippen molar-refractivity contribution in [2.24, 2.45) is 5.73 Å². The van der Waals surface area contributed by atoms with E-state index in [2.05, 4.69) is 30.7 Å². The van der Waals surface area contributed by atoms with Crippen molar-refractivity contribution >= 4 is 22.5 Å². The van der Waals surface area contributed by atoms with Crippen molar-refractivity contribution in [2.75, 3.05) is 6.54 Å². The number of rotatable bonds is 3. The third kappa shape index (κ3) is 1.95. The van der Waals surface area contributed by atoms with Crippen molar-refractivity contribution in [3.8, 4) is 0 Å². The number of hydrogen-bond donors (Lipinski definition) is 1. The van der Waals surface area contributed by atoms with Crippen molar-refractivity contribution in [2.45, 2.75) is 26.3 Å². The van der Waals surface area contributed by atoms with Crippen LogP contribution in [0.1, 0.15) is 25.3 Å². The highest BCUT2D eigenvalue weighted by atomic mass is 35.5. The molecule has 0 fully saturated rings. The maximum Gasteiger partial charge on any atom is 0.0498 e. The molecule has 1 aromatic heterocycles. The van der Waals surface area contributed by atoms with Crippen LogP contribution >= 0.6 is 11.6 Å². The molecule has 0 amide bonds. The SMILES string of the molecule is CC(C)c1cn(CCN)c2cc(Cl)ccc12. The first-order valence-electron chi connectivity index (χ1n) is 5.62. The van der Waals surface area contributed by atoms with E-state index in [0.29, 0.717) is 12.5 Å². The van der Waals surface area contributed by atoms with Gasteiger partial charge in [0.15, 0.2) is 0 Å². The lowest BCUT2D eigenvalue weighted by Gasteiger charge is -2.02. The minimum Gasteiger partial charge on any atom is -0.346 e. The fourth-order valence-electron chi connectivity index (χ4n) is 2.08. The lowest BCUT2D eigenvalue weighted by Crippen LogP contribution is -2.08. The van der Waals surface area contributed by atoms with Gasteiger partial charge in [-0.25, -0.2) is 0 Å². The number of hydrogen-bond acceptors (Lipinski definition) is 1. The molecule has 0 spiro atoms. The van der Waals surface area contributed by atoms with Gasteiger partial charge in [0.1, 0.15) is 0 Å². The summed E-state index contributed by atoms with van der Waals surface area (Å²) < 4.78 is 2.19. The fraction of sp³-hybridized carbons (Fsp3) is 0.385. The molecule has 0 saturated heterocycles. The Bertz CT molecular complexity index is 500. The third-order valence-corrected chi connectivity index (χ3v) is 3.10. The minimum atomic E-state index is 0.516. The maximum absolute atomic E-state index is 6.04. The zero-order valence-corrected chi connectivity index (χ0v) is 10.5. The molecule has 0 atom stereocenters. The average Bonchev–Trinajstić information content (AvgIpc) is 2.58. The summed E-state index contributed by atoms with van der Waals surface area (Å²) in [4.78, 5) is 0. The van der Waals surface area contributed by atoms with Crippen LogP contribution in [-0.4, -0.2) is 11.1 Å². The van der Waals surface area contributed by atoms with Crippen LogP contribution in [0.25, 0.3) is 10.9 Å². The maximum atomic E-state index is 6.04. The van der Waals surface area contributed by atoms with Gasteiger partial charge in [-0.1, -0.05) is 31.5 Å². The highest BCUT2D eigenvalue weighted by Gasteiger charge is 2.10. The summed E-state index contributed by atoms with van der Waals surface area (Å²) in [5.41, 5.74) is 8.16. The van der Waals surface area contributed by atoms with Crippen LogP contribution in [-0.2, 0) is 6.54 Å². The Morgan fingerprint density at radius 2 is 2.12 bits per heavy atom. The third-order valence-electron chi connectivity index (χ3n) is 2.87. The van der Waals surface area contributed by atoms with Gasteiger partial charge in [-0.2, -0.15) is 0 Å². The molecule has 3 heteroatoms. The first-order chi connectivity index (χ1) is 7.63. The van der Waals surface area contributed by atoms with E-state index in [-0.39, 0.29) is 0 Å². The summed E-state index contributed by atoms with van der Waals surface area (Å²) >= 11 is 6.04. The number of aromatic nitrogens is 1. The lowest BCUT2D eigenvalue weighted by atomic mass is 10.0. The van der Waals surface area contributed by atoms with Gasteiger partial charge in [-0.3, -0.25) is 0 Å². The molecule has 1 aromatic carbocycles. The second-order valence-electron chi connectivity index (χ2n) is 4.38. The van der Waals surface area contributed by atoms with E-state index in [1.165, 1.54) is 16.5 Å². The van der Waals surface area contributed by atoms with Crippen LogP contribution in [0.3, 0.4) is 0 Å². The molecule has 16 heavy (non-hydrogen) atoms. The van der Waals surface area contributed by atoms with Gasteiger partial charge in [0, 0.05) is 35.2 Å². The van der Waals surface area contributed by atoms with Gasteiger partial charge < -0.3 is 10.3 Å². The van der Waals surface area contributed by atoms with Crippen LogP contribution < -0.4 is 5.73 Å². The van der Waals surface area contributed by atoms with Gasteiger partial charge in [-0.15, -0.1) is 0 Å². The van der Waals surface area contributed by atoms with E-state index >= 15 is 0 Å². The predicted molar refractivity (Wildman–Crippen MR) is 70.1 cm³/mol. The van der Waals surface area contributed by atoms with Crippen molar-refractivity contribution in [3.63, 3.8) is 0 Å². The number of benzene rings is 1. The lowest BCUT2D eigenvalue weighted by molar-refractivity contribution is 0.727. The molecule has 86 valence electrons. The molecule has 0 aliphatic rings. The molecule has 0 aliphatic heterocycles. The Labute approximate surface area is 101 Å². The van der Waals surface area contributed by atoms with Gasteiger partial charge in [0.25, 0.3) is 0 Å². The molecule has 2 N–H and O–H groups in total. The highest BCUT2D eigenvalue weighted by Crippen LogP contribution is 2.29. The van der Waals surface area contributed by atoms with Gasteiger partial charge in [0.05, 0.1) is 0 Å². The molecule has 0 unspecified atom stereocenters. The van der Waals surface area contributed by atoms with E-state index in [1.54, 1.807) is 0 Å². The van der Waals surface area contributed by atoms with Crippen LogP contribution in [0.4, 0.5) is 0 Å². The number of nitrogens with two attached hydrogens (primary N) is 1. The summed E-state index contributed by atoms with van der Waals surface area (Å²) in [6.07, 6.45) is 2.19. The smallest absolute Gasteiger partial charge is 0.0498 e. The largest absolute Gasteiger partial charge is 0.346 e. The van der Waals surface area contributed by atoms with Crippen molar-refractivity contribution in [1.29, 1.82) is 0 Å². The zero-order valence-electron chi connectivity index (χ0n) is 9.70. The van der Waals surface area contributed by atoms with Crippen molar-refractivity contribution in [1.82, 2.24) is 4.57 Å². The molecule has 0 radical (unpaired) electrons. The highest BCUT2D eigenvalue weighted by molar-refractivity contribution is 6.31. The fourth-order valence-corrected chi connectivity index (χ4v) is 2.24. The van der Waals surface area contributed by atoms with Crippen molar-refractivity contribution < 1.29 is 0 Å². The molecule has 0 aliphatic carbocycles. The standard InChI is InChI=1S/C13H17ClN2/c1-9(2)12-8-16(6-5-15)13-7-10(14)3-4-11(12)13/h3-4,7-9H,5-6,15H2,1-2H3. The van der Waals surface area contributed by atoms with E-state index in [0.717, 1.165) is 11.6 Å². The Morgan fingerprint density at radius 3 is 2.75 bits per heavy atom. The summed E-state index contributed by atoms with van der Waals surface area (Å²) in [7, 11) is 0. The Morgan fingerprint density at radius 1 is 1.38 bits per heavy atom. The number of halogens is 1. The summed E-state index contributed by atoms with van der Waals surface area (Å²) in [5.74, 6) is 0.516. The van der Waals surface area contributed by atoms with Crippen LogP contribution in [0.2, 0.25) is 5.02 Å². The van der Waals surface area contributed by atoms with Crippen LogP contribution in [0.15, 0.2) is 24.4 Å². The number of nitrogens with zero attached hydrogens (tertiary/aromatic N) is 1. The Kier molecular flexibility index (Phi) is 3.22. The molecular weight excluding hydrogens is 220 g/mol. The van der Waals surface area contributed by atoms with Crippen molar-refractivity contribution in [3.05, 3.63) is 35.0 Å². The average molecular weight is 237 g/mol. The van der Waals surface area contributed by atoms with E-state index < -0.39 is 0 Å². The quantitative estimate of drug-likeness (QED) is 0.870. The first-order valence-corrected chi connectivity index (χ1v) is 5.99. The molecule has 2 rings (SSSR count). The topological polar surface area (TPSA) is 30.9 Å². The second kappa shape index (κ2) is 4.48. The second-order valence-corrected chi connectivity index (χ2v) is 4.82.